The lowest BCUT2D eigenvalue weighted by Gasteiger charge is -2.09. The molecule has 2 aromatic rings. The Morgan fingerprint density at radius 2 is 2.10 bits per heavy atom. The first-order valence-electron chi connectivity index (χ1n) is 6.62. The molecule has 112 valence electrons. The van der Waals surface area contributed by atoms with Gasteiger partial charge in [-0.2, -0.15) is 0 Å². The van der Waals surface area contributed by atoms with Gasteiger partial charge in [-0.1, -0.05) is 12.1 Å². The standard InChI is InChI=1S/C15H18N2O3S/c1-12-4-5-15(9-14(12)11-18)21(19,20)17-8-6-13-3-2-7-16-10-13/h2-5,7,9-10,17-18H,6,8,11H2,1H3. The number of aromatic nitrogens is 1. The maximum absolute atomic E-state index is 12.2. The fraction of sp³-hybridized carbons (Fsp3) is 0.267. The summed E-state index contributed by atoms with van der Waals surface area (Å²) in [6.45, 7) is 1.96. The topological polar surface area (TPSA) is 79.3 Å². The van der Waals surface area contributed by atoms with E-state index in [1.807, 2.05) is 19.1 Å². The van der Waals surface area contributed by atoms with Crippen LogP contribution in [0.5, 0.6) is 0 Å². The van der Waals surface area contributed by atoms with Gasteiger partial charge in [0.05, 0.1) is 11.5 Å². The zero-order valence-electron chi connectivity index (χ0n) is 11.8. The molecule has 1 aromatic carbocycles. The van der Waals surface area contributed by atoms with E-state index in [0.717, 1.165) is 11.1 Å². The number of pyridine rings is 1. The molecule has 0 radical (unpaired) electrons. The van der Waals surface area contributed by atoms with Gasteiger partial charge in [-0.15, -0.1) is 0 Å². The molecule has 0 aliphatic carbocycles. The molecule has 0 amide bonds. The Morgan fingerprint density at radius 3 is 2.76 bits per heavy atom. The van der Waals surface area contributed by atoms with Gasteiger partial charge in [0.25, 0.3) is 0 Å². The van der Waals surface area contributed by atoms with Crippen LogP contribution in [0.15, 0.2) is 47.6 Å². The molecule has 6 heteroatoms. The summed E-state index contributed by atoms with van der Waals surface area (Å²) in [5, 5.41) is 9.21. The average Bonchev–Trinajstić information content (AvgIpc) is 2.48. The summed E-state index contributed by atoms with van der Waals surface area (Å²) in [6, 6.07) is 8.46. The molecule has 0 spiro atoms. The third kappa shape index (κ3) is 4.10. The molecule has 0 fully saturated rings. The smallest absolute Gasteiger partial charge is 0.240 e. The van der Waals surface area contributed by atoms with Gasteiger partial charge < -0.3 is 5.11 Å². The number of hydrogen-bond acceptors (Lipinski definition) is 4. The Kier molecular flexibility index (Phi) is 5.06. The molecule has 0 aliphatic heterocycles. The molecule has 2 N–H and O–H groups in total. The molecular weight excluding hydrogens is 288 g/mol. The normalized spacial score (nSPS) is 11.5. The highest BCUT2D eigenvalue weighted by Gasteiger charge is 2.14. The number of rotatable bonds is 6. The molecule has 1 heterocycles. The third-order valence-electron chi connectivity index (χ3n) is 3.23. The Morgan fingerprint density at radius 1 is 1.29 bits per heavy atom. The third-order valence-corrected chi connectivity index (χ3v) is 4.69. The predicted octanol–water partition coefficient (Wildman–Crippen LogP) is 1.40. The van der Waals surface area contributed by atoms with Crippen molar-refractivity contribution >= 4 is 10.0 Å². The lowest BCUT2D eigenvalue weighted by molar-refractivity contribution is 0.280. The first-order chi connectivity index (χ1) is 10.0. The van der Waals surface area contributed by atoms with E-state index in [1.54, 1.807) is 24.5 Å². The molecule has 5 nitrogen and oxygen atoms in total. The van der Waals surface area contributed by atoms with Crippen LogP contribution in [0, 0.1) is 6.92 Å². The Hall–Kier alpha value is -1.76. The molecule has 0 unspecified atom stereocenters. The zero-order chi connectivity index (χ0) is 15.3. The van der Waals surface area contributed by atoms with Gasteiger partial charge in [0, 0.05) is 18.9 Å². The van der Waals surface area contributed by atoms with E-state index in [1.165, 1.54) is 6.07 Å². The highest BCUT2D eigenvalue weighted by molar-refractivity contribution is 7.89. The summed E-state index contributed by atoms with van der Waals surface area (Å²) in [7, 11) is -3.56. The van der Waals surface area contributed by atoms with E-state index in [4.69, 9.17) is 0 Å². The van der Waals surface area contributed by atoms with Crippen LogP contribution in [-0.4, -0.2) is 25.1 Å². The van der Waals surface area contributed by atoms with E-state index in [2.05, 4.69) is 9.71 Å². The van der Waals surface area contributed by atoms with Crippen LogP contribution in [0.1, 0.15) is 16.7 Å². The molecule has 0 saturated heterocycles. The number of nitrogens with one attached hydrogen (secondary N) is 1. The Balaban J connectivity index is 2.05. The van der Waals surface area contributed by atoms with Crippen LogP contribution in [0.2, 0.25) is 0 Å². The monoisotopic (exact) mass is 306 g/mol. The van der Waals surface area contributed by atoms with Crippen molar-refractivity contribution in [1.29, 1.82) is 0 Å². The quantitative estimate of drug-likeness (QED) is 0.845. The largest absolute Gasteiger partial charge is 0.392 e. The number of sulfonamides is 1. The van der Waals surface area contributed by atoms with Gasteiger partial charge >= 0.3 is 0 Å². The number of aryl methyl sites for hydroxylation is 1. The van der Waals surface area contributed by atoms with Crippen LogP contribution in [-0.2, 0) is 23.1 Å². The van der Waals surface area contributed by atoms with Gasteiger partial charge in [0.15, 0.2) is 0 Å². The van der Waals surface area contributed by atoms with Crippen molar-refractivity contribution in [2.24, 2.45) is 0 Å². The van der Waals surface area contributed by atoms with Gasteiger partial charge in [-0.25, -0.2) is 13.1 Å². The van der Waals surface area contributed by atoms with Crippen molar-refractivity contribution in [2.45, 2.75) is 24.8 Å². The van der Waals surface area contributed by atoms with Crippen LogP contribution in [0.25, 0.3) is 0 Å². The number of hydrogen-bond donors (Lipinski definition) is 2. The second kappa shape index (κ2) is 6.80. The first kappa shape index (κ1) is 15.6. The van der Waals surface area contributed by atoms with E-state index in [9.17, 15) is 13.5 Å². The summed E-state index contributed by atoms with van der Waals surface area (Å²) in [6.07, 6.45) is 3.96. The second-order valence-corrected chi connectivity index (χ2v) is 6.52. The SMILES string of the molecule is Cc1ccc(S(=O)(=O)NCCc2cccnc2)cc1CO. The summed E-state index contributed by atoms with van der Waals surface area (Å²) >= 11 is 0. The predicted molar refractivity (Wildman–Crippen MR) is 80.2 cm³/mol. The Labute approximate surface area is 124 Å². The van der Waals surface area contributed by atoms with Gasteiger partial charge in [-0.3, -0.25) is 4.98 Å². The van der Waals surface area contributed by atoms with Crippen molar-refractivity contribution in [3.8, 4) is 0 Å². The summed E-state index contributed by atoms with van der Waals surface area (Å²) in [4.78, 5) is 4.16. The first-order valence-corrected chi connectivity index (χ1v) is 8.10. The number of aliphatic hydroxyl groups is 1. The summed E-state index contributed by atoms with van der Waals surface area (Å²) in [5.41, 5.74) is 2.46. The van der Waals surface area contributed by atoms with E-state index < -0.39 is 10.0 Å². The van der Waals surface area contributed by atoms with Gasteiger partial charge in [-0.05, 0) is 48.2 Å². The number of nitrogens with zero attached hydrogens (tertiary/aromatic N) is 1. The fourth-order valence-corrected chi connectivity index (χ4v) is 3.03. The maximum atomic E-state index is 12.2. The van der Waals surface area contributed by atoms with Crippen LogP contribution in [0.3, 0.4) is 0 Å². The number of benzene rings is 1. The van der Waals surface area contributed by atoms with Crippen molar-refractivity contribution in [2.75, 3.05) is 6.54 Å². The van der Waals surface area contributed by atoms with E-state index in [0.29, 0.717) is 18.5 Å². The maximum Gasteiger partial charge on any atom is 0.240 e. The molecule has 0 bridgehead atoms. The molecular formula is C15H18N2O3S. The van der Waals surface area contributed by atoms with Crippen molar-refractivity contribution < 1.29 is 13.5 Å². The Bertz CT molecular complexity index is 700. The summed E-state index contributed by atoms with van der Waals surface area (Å²) in [5.74, 6) is 0. The van der Waals surface area contributed by atoms with Crippen molar-refractivity contribution in [3.05, 3.63) is 59.4 Å². The van der Waals surface area contributed by atoms with Crippen LogP contribution >= 0.6 is 0 Å². The van der Waals surface area contributed by atoms with Gasteiger partial charge in [0.2, 0.25) is 10.0 Å². The molecule has 2 rings (SSSR count). The zero-order valence-corrected chi connectivity index (χ0v) is 12.6. The summed E-state index contributed by atoms with van der Waals surface area (Å²) < 4.78 is 26.9. The second-order valence-electron chi connectivity index (χ2n) is 4.76. The van der Waals surface area contributed by atoms with Gasteiger partial charge in [0.1, 0.15) is 0 Å². The van der Waals surface area contributed by atoms with Crippen LogP contribution in [0.4, 0.5) is 0 Å². The van der Waals surface area contributed by atoms with Crippen LogP contribution < -0.4 is 4.72 Å². The molecule has 0 atom stereocenters. The minimum atomic E-state index is -3.56. The minimum absolute atomic E-state index is 0.170. The highest BCUT2D eigenvalue weighted by Crippen LogP contribution is 2.15. The minimum Gasteiger partial charge on any atom is -0.392 e. The highest BCUT2D eigenvalue weighted by atomic mass is 32.2. The van der Waals surface area contributed by atoms with Crippen molar-refractivity contribution in [1.82, 2.24) is 9.71 Å². The van der Waals surface area contributed by atoms with Crippen molar-refractivity contribution in [3.63, 3.8) is 0 Å². The van der Waals surface area contributed by atoms with E-state index >= 15 is 0 Å². The lowest BCUT2D eigenvalue weighted by Crippen LogP contribution is -2.26. The fourth-order valence-electron chi connectivity index (χ4n) is 1.94. The molecule has 0 aliphatic rings. The average molecular weight is 306 g/mol. The van der Waals surface area contributed by atoms with E-state index in [-0.39, 0.29) is 11.5 Å². The lowest BCUT2D eigenvalue weighted by atomic mass is 10.1. The molecule has 1 aromatic heterocycles. The molecule has 21 heavy (non-hydrogen) atoms. The molecule has 0 saturated carbocycles. The number of aliphatic hydroxyl groups excluding tert-OH is 1.